The van der Waals surface area contributed by atoms with Gasteiger partial charge in [0.1, 0.15) is 0 Å². The molecular formula is C9H16N2OS. The van der Waals surface area contributed by atoms with Gasteiger partial charge in [-0.25, -0.2) is 0 Å². The molecule has 0 aromatic carbocycles. The van der Waals surface area contributed by atoms with Gasteiger partial charge in [-0.3, -0.25) is 4.68 Å². The number of thioether (sulfide) groups is 1. The summed E-state index contributed by atoms with van der Waals surface area (Å²) in [5.41, 5.74) is 0. The van der Waals surface area contributed by atoms with Crippen LogP contribution in [0.2, 0.25) is 0 Å². The van der Waals surface area contributed by atoms with Crippen LogP contribution in [0.4, 0.5) is 0 Å². The number of hydrogen-bond acceptors (Lipinski definition) is 3. The van der Waals surface area contributed by atoms with Crippen LogP contribution in [0.5, 0.6) is 0 Å². The number of aromatic nitrogens is 2. The summed E-state index contributed by atoms with van der Waals surface area (Å²) in [5, 5.41) is 13.3. The highest BCUT2D eigenvalue weighted by molar-refractivity contribution is 7.99. The molecular weight excluding hydrogens is 184 g/mol. The van der Waals surface area contributed by atoms with Gasteiger partial charge in [0, 0.05) is 36.5 Å². The van der Waals surface area contributed by atoms with E-state index in [1.165, 1.54) is 0 Å². The molecule has 1 aromatic heterocycles. The Morgan fingerprint density at radius 3 is 3.08 bits per heavy atom. The van der Waals surface area contributed by atoms with Crippen LogP contribution in [0.25, 0.3) is 0 Å². The Balaban J connectivity index is 2.07. The van der Waals surface area contributed by atoms with E-state index in [4.69, 9.17) is 5.11 Å². The first-order chi connectivity index (χ1) is 6.33. The minimum Gasteiger partial charge on any atom is -0.396 e. The zero-order valence-corrected chi connectivity index (χ0v) is 8.70. The molecule has 0 aliphatic carbocycles. The second kappa shape index (κ2) is 6.05. The largest absolute Gasteiger partial charge is 0.396 e. The van der Waals surface area contributed by atoms with Crippen LogP contribution in [-0.2, 0) is 6.54 Å². The lowest BCUT2D eigenvalue weighted by Gasteiger charge is -2.08. The van der Waals surface area contributed by atoms with E-state index >= 15 is 0 Å². The third kappa shape index (κ3) is 4.33. The van der Waals surface area contributed by atoms with Gasteiger partial charge in [-0.05, 0) is 12.5 Å². The Labute approximate surface area is 83.1 Å². The Bertz CT molecular complexity index is 213. The van der Waals surface area contributed by atoms with Crippen molar-refractivity contribution in [3.05, 3.63) is 18.5 Å². The molecule has 0 bridgehead atoms. The smallest absolute Gasteiger partial charge is 0.0499 e. The normalized spacial score (nSPS) is 13.1. The summed E-state index contributed by atoms with van der Waals surface area (Å²) in [6.45, 7) is 3.38. The van der Waals surface area contributed by atoms with Gasteiger partial charge in [0.25, 0.3) is 0 Å². The third-order valence-electron chi connectivity index (χ3n) is 1.82. The first-order valence-corrected chi connectivity index (χ1v) is 5.57. The third-order valence-corrected chi connectivity index (χ3v) is 3.04. The standard InChI is InChI=1S/C9H16N2OS/c1-9(3-7-12)13-8-6-11-5-2-4-10-11/h2,4-5,9,12H,3,6-8H2,1H3. The predicted octanol–water partition coefficient (Wildman–Crippen LogP) is 1.39. The maximum Gasteiger partial charge on any atom is 0.0499 e. The first-order valence-electron chi connectivity index (χ1n) is 4.53. The van der Waals surface area contributed by atoms with Crippen LogP contribution in [0.15, 0.2) is 18.5 Å². The minimum atomic E-state index is 0.288. The Morgan fingerprint density at radius 2 is 2.46 bits per heavy atom. The molecule has 1 atom stereocenters. The van der Waals surface area contributed by atoms with Crippen molar-refractivity contribution in [2.24, 2.45) is 0 Å². The fourth-order valence-corrected chi connectivity index (χ4v) is 2.01. The molecule has 0 radical (unpaired) electrons. The van der Waals surface area contributed by atoms with E-state index in [1.807, 2.05) is 28.7 Å². The molecule has 1 aromatic rings. The lowest BCUT2D eigenvalue weighted by Crippen LogP contribution is -2.05. The summed E-state index contributed by atoms with van der Waals surface area (Å²) >= 11 is 1.88. The molecule has 0 spiro atoms. The summed E-state index contributed by atoms with van der Waals surface area (Å²) in [4.78, 5) is 0. The summed E-state index contributed by atoms with van der Waals surface area (Å²) in [6, 6.07) is 1.93. The SMILES string of the molecule is CC(CCO)SCCn1cccn1. The van der Waals surface area contributed by atoms with Crippen LogP contribution >= 0.6 is 11.8 Å². The van der Waals surface area contributed by atoms with Gasteiger partial charge >= 0.3 is 0 Å². The van der Waals surface area contributed by atoms with Gasteiger partial charge in [0.15, 0.2) is 0 Å². The van der Waals surface area contributed by atoms with Crippen LogP contribution in [0, 0.1) is 0 Å². The molecule has 1 heterocycles. The zero-order chi connectivity index (χ0) is 9.52. The topological polar surface area (TPSA) is 38.0 Å². The summed E-state index contributed by atoms with van der Waals surface area (Å²) < 4.78 is 1.93. The molecule has 1 rings (SSSR count). The monoisotopic (exact) mass is 200 g/mol. The zero-order valence-electron chi connectivity index (χ0n) is 7.89. The number of hydrogen-bond donors (Lipinski definition) is 1. The van der Waals surface area contributed by atoms with E-state index in [1.54, 1.807) is 6.20 Å². The van der Waals surface area contributed by atoms with Crippen molar-refractivity contribution in [2.75, 3.05) is 12.4 Å². The second-order valence-corrected chi connectivity index (χ2v) is 4.51. The molecule has 1 N–H and O–H groups in total. The van der Waals surface area contributed by atoms with Crippen LogP contribution < -0.4 is 0 Å². The van der Waals surface area contributed by atoms with Crippen molar-refractivity contribution in [3.8, 4) is 0 Å². The van der Waals surface area contributed by atoms with Gasteiger partial charge in [-0.2, -0.15) is 16.9 Å². The molecule has 74 valence electrons. The molecule has 1 unspecified atom stereocenters. The second-order valence-electron chi connectivity index (χ2n) is 2.96. The fourth-order valence-electron chi connectivity index (χ4n) is 1.05. The average molecular weight is 200 g/mol. The van der Waals surface area contributed by atoms with Crippen molar-refractivity contribution in [3.63, 3.8) is 0 Å². The molecule has 0 aliphatic rings. The fraction of sp³-hybridized carbons (Fsp3) is 0.667. The van der Waals surface area contributed by atoms with Gasteiger partial charge in [0.2, 0.25) is 0 Å². The number of aliphatic hydroxyl groups excluding tert-OH is 1. The molecule has 4 heteroatoms. The van der Waals surface area contributed by atoms with Crippen LogP contribution in [0.1, 0.15) is 13.3 Å². The summed E-state index contributed by atoms with van der Waals surface area (Å²) in [6.07, 6.45) is 4.64. The molecule has 0 saturated heterocycles. The highest BCUT2D eigenvalue weighted by atomic mass is 32.2. The van der Waals surface area contributed by atoms with Gasteiger partial charge in [-0.1, -0.05) is 6.92 Å². The van der Waals surface area contributed by atoms with Crippen molar-refractivity contribution >= 4 is 11.8 Å². The van der Waals surface area contributed by atoms with E-state index in [9.17, 15) is 0 Å². The predicted molar refractivity (Wildman–Crippen MR) is 55.8 cm³/mol. The van der Waals surface area contributed by atoms with Crippen molar-refractivity contribution in [1.29, 1.82) is 0 Å². The maximum atomic E-state index is 8.69. The van der Waals surface area contributed by atoms with Gasteiger partial charge in [0.05, 0.1) is 0 Å². The number of nitrogens with zero attached hydrogens (tertiary/aromatic N) is 2. The molecule has 3 nitrogen and oxygen atoms in total. The van der Waals surface area contributed by atoms with Crippen LogP contribution in [0.3, 0.4) is 0 Å². The maximum absolute atomic E-state index is 8.69. The van der Waals surface area contributed by atoms with Crippen molar-refractivity contribution < 1.29 is 5.11 Å². The Morgan fingerprint density at radius 1 is 1.62 bits per heavy atom. The average Bonchev–Trinajstić information content (AvgIpc) is 2.57. The highest BCUT2D eigenvalue weighted by Gasteiger charge is 2.00. The van der Waals surface area contributed by atoms with E-state index in [2.05, 4.69) is 12.0 Å². The summed E-state index contributed by atoms with van der Waals surface area (Å²) in [5.74, 6) is 1.06. The quantitative estimate of drug-likeness (QED) is 0.754. The number of aryl methyl sites for hydroxylation is 1. The van der Waals surface area contributed by atoms with E-state index < -0.39 is 0 Å². The molecule has 13 heavy (non-hydrogen) atoms. The Hall–Kier alpha value is -0.480. The number of rotatable bonds is 6. The van der Waals surface area contributed by atoms with Crippen molar-refractivity contribution in [1.82, 2.24) is 9.78 Å². The molecule has 0 aliphatic heterocycles. The van der Waals surface area contributed by atoms with Crippen LogP contribution in [-0.4, -0.2) is 32.5 Å². The number of aliphatic hydroxyl groups is 1. The molecule has 0 fully saturated rings. The van der Waals surface area contributed by atoms with E-state index in [-0.39, 0.29) is 6.61 Å². The van der Waals surface area contributed by atoms with Gasteiger partial charge < -0.3 is 5.11 Å². The molecule has 0 saturated carbocycles. The Kier molecular flexibility index (Phi) is 4.93. The first kappa shape index (κ1) is 10.6. The summed E-state index contributed by atoms with van der Waals surface area (Å²) in [7, 11) is 0. The molecule has 0 amide bonds. The van der Waals surface area contributed by atoms with Gasteiger partial charge in [-0.15, -0.1) is 0 Å². The highest BCUT2D eigenvalue weighted by Crippen LogP contribution is 2.13. The lowest BCUT2D eigenvalue weighted by molar-refractivity contribution is 0.289. The minimum absolute atomic E-state index is 0.288. The van der Waals surface area contributed by atoms with E-state index in [0.717, 1.165) is 18.7 Å². The van der Waals surface area contributed by atoms with Crippen molar-refractivity contribution in [2.45, 2.75) is 25.1 Å². The van der Waals surface area contributed by atoms with E-state index in [0.29, 0.717) is 5.25 Å². The lowest BCUT2D eigenvalue weighted by atomic mass is 10.3.